The molecule has 82 valence electrons. The number of hydrogen-bond donors (Lipinski definition) is 1. The quantitative estimate of drug-likeness (QED) is 0.853. The lowest BCUT2D eigenvalue weighted by atomic mass is 10.3. The Morgan fingerprint density at radius 3 is 2.69 bits per heavy atom. The van der Waals surface area contributed by atoms with E-state index in [4.69, 9.17) is 16.7 Å². The van der Waals surface area contributed by atoms with Crippen LogP contribution >= 0.6 is 11.6 Å². The van der Waals surface area contributed by atoms with Crippen molar-refractivity contribution in [2.45, 2.75) is 6.92 Å². The average Bonchev–Trinajstić information content (AvgIpc) is 2.61. The van der Waals surface area contributed by atoms with Crippen molar-refractivity contribution < 1.29 is 9.90 Å². The van der Waals surface area contributed by atoms with Gasteiger partial charge < -0.3 is 5.11 Å². The Bertz CT molecular complexity index is 535. The van der Waals surface area contributed by atoms with Crippen LogP contribution in [0.15, 0.2) is 18.3 Å². The summed E-state index contributed by atoms with van der Waals surface area (Å²) in [6.07, 6.45) is 1.38. The van der Waals surface area contributed by atoms with E-state index in [0.29, 0.717) is 11.5 Å². The summed E-state index contributed by atoms with van der Waals surface area (Å²) >= 11 is 5.59. The molecule has 0 atom stereocenters. The molecule has 0 spiro atoms. The molecule has 6 nitrogen and oxygen atoms in total. The second kappa shape index (κ2) is 3.90. The second-order valence-electron chi connectivity index (χ2n) is 3.09. The largest absolute Gasteiger partial charge is 0.478 e. The molecule has 2 heterocycles. The van der Waals surface area contributed by atoms with Crippen LogP contribution in [0.5, 0.6) is 0 Å². The van der Waals surface area contributed by atoms with Gasteiger partial charge in [-0.15, -0.1) is 10.2 Å². The first kappa shape index (κ1) is 10.6. The minimum Gasteiger partial charge on any atom is -0.478 e. The van der Waals surface area contributed by atoms with Crippen LogP contribution in [-0.2, 0) is 0 Å². The van der Waals surface area contributed by atoms with Crippen LogP contribution in [-0.4, -0.2) is 31.1 Å². The van der Waals surface area contributed by atoms with Crippen LogP contribution in [0, 0.1) is 6.92 Å². The molecule has 0 aliphatic heterocycles. The number of carboxylic acid groups (broad SMARTS) is 1. The van der Waals surface area contributed by atoms with Gasteiger partial charge in [0.05, 0.1) is 5.69 Å². The Hall–Kier alpha value is -1.95. The third kappa shape index (κ3) is 1.87. The van der Waals surface area contributed by atoms with Crippen molar-refractivity contribution in [3.05, 3.63) is 34.7 Å². The molecule has 16 heavy (non-hydrogen) atoms. The molecule has 0 fully saturated rings. The van der Waals surface area contributed by atoms with Crippen molar-refractivity contribution in [2.24, 2.45) is 0 Å². The minimum absolute atomic E-state index is 0.136. The lowest BCUT2D eigenvalue weighted by Gasteiger charge is -1.97. The van der Waals surface area contributed by atoms with Crippen LogP contribution < -0.4 is 0 Å². The highest BCUT2D eigenvalue weighted by Gasteiger charge is 2.13. The van der Waals surface area contributed by atoms with E-state index in [1.165, 1.54) is 10.9 Å². The fraction of sp³-hybridized carbons (Fsp3) is 0.111. The highest BCUT2D eigenvalue weighted by molar-refractivity contribution is 6.29. The average molecular weight is 239 g/mol. The van der Waals surface area contributed by atoms with Gasteiger partial charge >= 0.3 is 5.97 Å². The predicted octanol–water partition coefficient (Wildman–Crippen LogP) is 1.32. The minimum atomic E-state index is -1.02. The van der Waals surface area contributed by atoms with Gasteiger partial charge in [0.15, 0.2) is 11.0 Å². The zero-order valence-corrected chi connectivity index (χ0v) is 9.01. The van der Waals surface area contributed by atoms with Crippen molar-refractivity contribution in [3.8, 4) is 5.82 Å². The van der Waals surface area contributed by atoms with E-state index in [-0.39, 0.29) is 10.7 Å². The predicted molar refractivity (Wildman–Crippen MR) is 55.9 cm³/mol. The summed E-state index contributed by atoms with van der Waals surface area (Å²) in [7, 11) is 0. The highest BCUT2D eigenvalue weighted by atomic mass is 35.5. The SMILES string of the molecule is Cc1nn(-c2ccc(Cl)nn2)cc1C(=O)O. The molecule has 2 rings (SSSR count). The van der Waals surface area contributed by atoms with Crippen molar-refractivity contribution in [1.82, 2.24) is 20.0 Å². The monoisotopic (exact) mass is 238 g/mol. The summed E-state index contributed by atoms with van der Waals surface area (Å²) in [5.74, 6) is -0.606. The molecule has 2 aromatic heterocycles. The molecule has 0 amide bonds. The first-order valence-corrected chi connectivity index (χ1v) is 4.75. The third-order valence-electron chi connectivity index (χ3n) is 1.98. The van der Waals surface area contributed by atoms with E-state index in [1.807, 2.05) is 0 Å². The standard InChI is InChI=1S/C9H7ClN4O2/c1-5-6(9(15)16)4-14(13-5)8-3-2-7(10)11-12-8/h2-4H,1H3,(H,15,16). The van der Waals surface area contributed by atoms with Gasteiger partial charge in [0.2, 0.25) is 0 Å². The van der Waals surface area contributed by atoms with E-state index in [1.54, 1.807) is 19.1 Å². The molecule has 0 aliphatic carbocycles. The molecule has 0 aromatic carbocycles. The van der Waals surface area contributed by atoms with Crippen LogP contribution in [0.4, 0.5) is 0 Å². The molecular formula is C9H7ClN4O2. The van der Waals surface area contributed by atoms with E-state index in [0.717, 1.165) is 0 Å². The van der Waals surface area contributed by atoms with Gasteiger partial charge in [-0.25, -0.2) is 9.48 Å². The van der Waals surface area contributed by atoms with Gasteiger partial charge in [0, 0.05) is 6.20 Å². The van der Waals surface area contributed by atoms with E-state index >= 15 is 0 Å². The molecule has 0 unspecified atom stereocenters. The van der Waals surface area contributed by atoms with Crippen molar-refractivity contribution >= 4 is 17.6 Å². The number of nitrogens with zero attached hydrogens (tertiary/aromatic N) is 4. The lowest BCUT2D eigenvalue weighted by Crippen LogP contribution is -1.99. The number of carbonyl (C=O) groups is 1. The zero-order chi connectivity index (χ0) is 11.7. The maximum absolute atomic E-state index is 10.8. The van der Waals surface area contributed by atoms with E-state index in [9.17, 15) is 4.79 Å². The molecular weight excluding hydrogens is 232 g/mol. The topological polar surface area (TPSA) is 80.9 Å². The van der Waals surface area contributed by atoms with Gasteiger partial charge in [-0.1, -0.05) is 11.6 Å². The molecule has 0 aliphatic rings. The lowest BCUT2D eigenvalue weighted by molar-refractivity contribution is 0.0696. The smallest absolute Gasteiger partial charge is 0.339 e. The van der Waals surface area contributed by atoms with Crippen molar-refractivity contribution in [3.63, 3.8) is 0 Å². The summed E-state index contributed by atoms with van der Waals surface area (Å²) in [5.41, 5.74) is 0.556. The second-order valence-corrected chi connectivity index (χ2v) is 3.48. The Morgan fingerprint density at radius 2 is 2.19 bits per heavy atom. The number of halogens is 1. The van der Waals surface area contributed by atoms with Gasteiger partial charge in [0.1, 0.15) is 5.56 Å². The summed E-state index contributed by atoms with van der Waals surface area (Å²) in [6.45, 7) is 1.61. The number of rotatable bonds is 2. The summed E-state index contributed by atoms with van der Waals surface area (Å²) < 4.78 is 1.35. The first-order valence-electron chi connectivity index (χ1n) is 4.37. The summed E-state index contributed by atoms with van der Waals surface area (Å²) in [4.78, 5) is 10.8. The summed E-state index contributed by atoms with van der Waals surface area (Å²) in [5, 5.41) is 20.6. The van der Waals surface area contributed by atoms with Gasteiger partial charge in [-0.05, 0) is 19.1 Å². The fourth-order valence-electron chi connectivity index (χ4n) is 1.22. The number of aryl methyl sites for hydroxylation is 1. The fourth-order valence-corrected chi connectivity index (χ4v) is 1.32. The molecule has 0 saturated heterocycles. The number of aromatic carboxylic acids is 1. The number of carboxylic acids is 1. The van der Waals surface area contributed by atoms with E-state index < -0.39 is 5.97 Å². The molecule has 0 radical (unpaired) electrons. The van der Waals surface area contributed by atoms with Crippen molar-refractivity contribution in [1.29, 1.82) is 0 Å². The van der Waals surface area contributed by atoms with Crippen LogP contribution in [0.3, 0.4) is 0 Å². The van der Waals surface area contributed by atoms with Crippen LogP contribution in [0.1, 0.15) is 16.1 Å². The summed E-state index contributed by atoms with van der Waals surface area (Å²) in [6, 6.07) is 3.16. The van der Waals surface area contributed by atoms with E-state index in [2.05, 4.69) is 15.3 Å². The Kier molecular flexibility index (Phi) is 2.57. The molecule has 0 bridgehead atoms. The number of aromatic nitrogens is 4. The third-order valence-corrected chi connectivity index (χ3v) is 2.18. The van der Waals surface area contributed by atoms with Crippen molar-refractivity contribution in [2.75, 3.05) is 0 Å². The Balaban J connectivity index is 2.45. The van der Waals surface area contributed by atoms with Gasteiger partial charge in [0.25, 0.3) is 0 Å². The normalized spacial score (nSPS) is 10.4. The first-order chi connectivity index (χ1) is 7.58. The maximum atomic E-state index is 10.8. The van der Waals surface area contributed by atoms with Gasteiger partial charge in [-0.2, -0.15) is 5.10 Å². The van der Waals surface area contributed by atoms with Gasteiger partial charge in [-0.3, -0.25) is 0 Å². The zero-order valence-electron chi connectivity index (χ0n) is 8.25. The van der Waals surface area contributed by atoms with Crippen LogP contribution in [0.25, 0.3) is 5.82 Å². The van der Waals surface area contributed by atoms with Crippen LogP contribution in [0.2, 0.25) is 5.15 Å². The molecule has 2 aromatic rings. The maximum Gasteiger partial charge on any atom is 0.339 e. The highest BCUT2D eigenvalue weighted by Crippen LogP contribution is 2.10. The molecule has 0 saturated carbocycles. The molecule has 7 heteroatoms. The Morgan fingerprint density at radius 1 is 1.44 bits per heavy atom. The molecule has 1 N–H and O–H groups in total. The number of hydrogen-bond acceptors (Lipinski definition) is 4. The Labute approximate surface area is 95.5 Å².